The molecule has 18 heavy (non-hydrogen) atoms. The number of carboxylic acid groups (broad SMARTS) is 1. The summed E-state index contributed by atoms with van der Waals surface area (Å²) in [6.07, 6.45) is 4.30. The molecule has 6 heteroatoms. The summed E-state index contributed by atoms with van der Waals surface area (Å²) in [5.41, 5.74) is 0. The lowest BCUT2D eigenvalue weighted by molar-refractivity contribution is -0.141. The van der Waals surface area contributed by atoms with Gasteiger partial charge in [0.1, 0.15) is 6.04 Å². The van der Waals surface area contributed by atoms with Crippen molar-refractivity contribution >= 4 is 23.8 Å². The summed E-state index contributed by atoms with van der Waals surface area (Å²) in [6, 6.07) is -0.666. The first kappa shape index (κ1) is 15.1. The van der Waals surface area contributed by atoms with E-state index in [-0.39, 0.29) is 12.1 Å². The molecule has 5 nitrogen and oxygen atoms in total. The number of urea groups is 1. The van der Waals surface area contributed by atoms with E-state index in [2.05, 4.69) is 0 Å². The van der Waals surface area contributed by atoms with Crippen LogP contribution in [0, 0.1) is 0 Å². The highest BCUT2D eigenvalue weighted by atomic mass is 32.2. The van der Waals surface area contributed by atoms with Crippen molar-refractivity contribution in [2.24, 2.45) is 0 Å². The third-order valence-corrected chi connectivity index (χ3v) is 4.13. The molecule has 0 spiro atoms. The van der Waals surface area contributed by atoms with Crippen molar-refractivity contribution in [2.75, 3.05) is 25.6 Å². The van der Waals surface area contributed by atoms with E-state index in [4.69, 9.17) is 5.11 Å². The van der Waals surface area contributed by atoms with Crippen LogP contribution in [-0.4, -0.2) is 64.6 Å². The van der Waals surface area contributed by atoms with Crippen LogP contribution in [0.3, 0.4) is 0 Å². The number of amides is 2. The maximum atomic E-state index is 12.2. The van der Waals surface area contributed by atoms with Gasteiger partial charge in [-0.1, -0.05) is 0 Å². The van der Waals surface area contributed by atoms with E-state index in [9.17, 15) is 9.59 Å². The van der Waals surface area contributed by atoms with E-state index in [0.717, 1.165) is 18.6 Å². The van der Waals surface area contributed by atoms with Gasteiger partial charge in [0.15, 0.2) is 0 Å². The number of hydrogen-bond donors (Lipinski definition) is 1. The Bertz CT molecular complexity index is 312. The number of hydrogen-bond acceptors (Lipinski definition) is 3. The third kappa shape index (κ3) is 3.54. The van der Waals surface area contributed by atoms with Crippen molar-refractivity contribution in [1.82, 2.24) is 9.80 Å². The summed E-state index contributed by atoms with van der Waals surface area (Å²) in [5, 5.41) is 9.08. The standard InChI is InChI=1S/C12H22N2O3S/c1-9(6-8-18-3)13(2)12(17)14-7-4-5-10(14)11(15)16/h9-10H,4-8H2,1-3H3,(H,15,16)/t9?,10-/m1/s1. The molecule has 0 aromatic rings. The second-order valence-electron chi connectivity index (χ2n) is 4.71. The Balaban J connectivity index is 2.59. The third-order valence-electron chi connectivity index (χ3n) is 3.49. The summed E-state index contributed by atoms with van der Waals surface area (Å²) >= 11 is 1.75. The highest BCUT2D eigenvalue weighted by Crippen LogP contribution is 2.20. The number of carbonyl (C=O) groups excluding carboxylic acids is 1. The number of likely N-dealkylation sites (tertiary alicyclic amines) is 1. The Kier molecular flexibility index (Phi) is 5.78. The van der Waals surface area contributed by atoms with E-state index in [1.807, 2.05) is 13.2 Å². The van der Waals surface area contributed by atoms with Gasteiger partial charge in [-0.05, 0) is 38.2 Å². The molecule has 1 aliphatic rings. The summed E-state index contributed by atoms with van der Waals surface area (Å²) in [7, 11) is 1.75. The molecule has 1 unspecified atom stereocenters. The first-order chi connectivity index (χ1) is 8.49. The van der Waals surface area contributed by atoms with Crippen LogP contribution in [0.25, 0.3) is 0 Å². The lowest BCUT2D eigenvalue weighted by atomic mass is 10.2. The number of thioether (sulfide) groups is 1. The van der Waals surface area contributed by atoms with Gasteiger partial charge in [-0.25, -0.2) is 9.59 Å². The summed E-state index contributed by atoms with van der Waals surface area (Å²) in [5.74, 6) is 0.104. The Hall–Kier alpha value is -0.910. The second-order valence-corrected chi connectivity index (χ2v) is 5.70. The molecule has 1 rings (SSSR count). The zero-order valence-electron chi connectivity index (χ0n) is 11.3. The molecule has 1 aliphatic heterocycles. The number of rotatable bonds is 5. The molecular formula is C12H22N2O3S. The predicted octanol–water partition coefficient (Wildman–Crippen LogP) is 1.73. The van der Waals surface area contributed by atoms with Crippen LogP contribution in [0.15, 0.2) is 0 Å². The minimum atomic E-state index is -0.897. The molecule has 1 heterocycles. The molecule has 0 radical (unpaired) electrons. The molecule has 0 aliphatic carbocycles. The molecule has 0 bridgehead atoms. The smallest absolute Gasteiger partial charge is 0.326 e. The van der Waals surface area contributed by atoms with E-state index >= 15 is 0 Å². The minimum absolute atomic E-state index is 0.139. The van der Waals surface area contributed by atoms with E-state index in [0.29, 0.717) is 13.0 Å². The molecule has 0 aromatic carbocycles. The van der Waals surface area contributed by atoms with Gasteiger partial charge < -0.3 is 14.9 Å². The molecule has 0 aromatic heterocycles. The molecule has 104 valence electrons. The van der Waals surface area contributed by atoms with Gasteiger partial charge in [-0.15, -0.1) is 0 Å². The first-order valence-electron chi connectivity index (χ1n) is 6.24. The van der Waals surface area contributed by atoms with Crippen molar-refractivity contribution in [1.29, 1.82) is 0 Å². The molecule has 1 fully saturated rings. The van der Waals surface area contributed by atoms with E-state index < -0.39 is 12.0 Å². The molecular weight excluding hydrogens is 252 g/mol. The van der Waals surface area contributed by atoms with Crippen molar-refractivity contribution < 1.29 is 14.7 Å². The number of carbonyl (C=O) groups is 2. The van der Waals surface area contributed by atoms with Gasteiger partial charge in [0.2, 0.25) is 0 Å². The van der Waals surface area contributed by atoms with Crippen molar-refractivity contribution in [3.05, 3.63) is 0 Å². The van der Waals surface area contributed by atoms with Crippen molar-refractivity contribution in [3.63, 3.8) is 0 Å². The molecule has 2 amide bonds. The zero-order chi connectivity index (χ0) is 13.7. The maximum Gasteiger partial charge on any atom is 0.326 e. The number of nitrogens with zero attached hydrogens (tertiary/aromatic N) is 2. The number of carboxylic acids is 1. The van der Waals surface area contributed by atoms with Gasteiger partial charge in [0.05, 0.1) is 0 Å². The first-order valence-corrected chi connectivity index (χ1v) is 7.63. The van der Waals surface area contributed by atoms with E-state index in [1.165, 1.54) is 4.90 Å². The van der Waals surface area contributed by atoms with E-state index in [1.54, 1.807) is 23.7 Å². The summed E-state index contributed by atoms with van der Waals surface area (Å²) < 4.78 is 0. The van der Waals surface area contributed by atoms with Crippen molar-refractivity contribution in [2.45, 2.75) is 38.3 Å². The van der Waals surface area contributed by atoms with Gasteiger partial charge in [0.25, 0.3) is 0 Å². The Morgan fingerprint density at radius 2 is 2.22 bits per heavy atom. The van der Waals surface area contributed by atoms with Gasteiger partial charge in [-0.3, -0.25) is 0 Å². The van der Waals surface area contributed by atoms with Gasteiger partial charge in [-0.2, -0.15) is 11.8 Å². The summed E-state index contributed by atoms with van der Waals surface area (Å²) in [4.78, 5) is 26.5. The average molecular weight is 274 g/mol. The quantitative estimate of drug-likeness (QED) is 0.829. The second kappa shape index (κ2) is 6.87. The minimum Gasteiger partial charge on any atom is -0.480 e. The van der Waals surface area contributed by atoms with Crippen LogP contribution in [0.5, 0.6) is 0 Å². The SMILES string of the molecule is CSCCC(C)N(C)C(=O)N1CCC[C@@H]1C(=O)O. The fourth-order valence-electron chi connectivity index (χ4n) is 2.13. The van der Waals surface area contributed by atoms with Crippen molar-refractivity contribution in [3.8, 4) is 0 Å². The fourth-order valence-corrected chi connectivity index (χ4v) is 2.70. The zero-order valence-corrected chi connectivity index (χ0v) is 12.1. The molecule has 0 saturated carbocycles. The highest BCUT2D eigenvalue weighted by molar-refractivity contribution is 7.98. The largest absolute Gasteiger partial charge is 0.480 e. The Morgan fingerprint density at radius 3 is 2.78 bits per heavy atom. The molecule has 1 saturated heterocycles. The Morgan fingerprint density at radius 1 is 1.56 bits per heavy atom. The van der Waals surface area contributed by atoms with Gasteiger partial charge in [0, 0.05) is 19.6 Å². The van der Waals surface area contributed by atoms with Crippen LogP contribution in [0.4, 0.5) is 4.79 Å². The van der Waals surface area contributed by atoms with Crippen LogP contribution >= 0.6 is 11.8 Å². The fraction of sp³-hybridized carbons (Fsp3) is 0.833. The highest BCUT2D eigenvalue weighted by Gasteiger charge is 2.36. The van der Waals surface area contributed by atoms with Crippen LogP contribution in [0.2, 0.25) is 0 Å². The van der Waals surface area contributed by atoms with Gasteiger partial charge >= 0.3 is 12.0 Å². The topological polar surface area (TPSA) is 60.9 Å². The number of aliphatic carboxylic acids is 1. The lowest BCUT2D eigenvalue weighted by Gasteiger charge is -2.31. The van der Waals surface area contributed by atoms with Crippen LogP contribution in [-0.2, 0) is 4.79 Å². The molecule has 2 atom stereocenters. The van der Waals surface area contributed by atoms with Crippen LogP contribution < -0.4 is 0 Å². The molecule has 1 N–H and O–H groups in total. The summed E-state index contributed by atoms with van der Waals surface area (Å²) in [6.45, 7) is 2.55. The Labute approximate surface area is 113 Å². The average Bonchev–Trinajstić information content (AvgIpc) is 2.83. The monoisotopic (exact) mass is 274 g/mol. The maximum absolute atomic E-state index is 12.2. The van der Waals surface area contributed by atoms with Crippen LogP contribution in [0.1, 0.15) is 26.2 Å². The lowest BCUT2D eigenvalue weighted by Crippen LogP contribution is -2.49. The normalized spacial score (nSPS) is 20.8. The predicted molar refractivity (Wildman–Crippen MR) is 73.0 cm³/mol.